The van der Waals surface area contributed by atoms with Gasteiger partial charge in [-0.15, -0.1) is 0 Å². The highest BCUT2D eigenvalue weighted by atomic mass is 16.5. The summed E-state index contributed by atoms with van der Waals surface area (Å²) < 4.78 is 5.67. The number of aliphatic carboxylic acids is 1. The molecule has 1 aromatic heterocycles. The lowest BCUT2D eigenvalue weighted by atomic mass is 9.90. The molecule has 0 aliphatic carbocycles. The molecule has 0 radical (unpaired) electrons. The van der Waals surface area contributed by atoms with Crippen LogP contribution in [0.15, 0.2) is 6.07 Å². The third kappa shape index (κ3) is 3.42. The van der Waals surface area contributed by atoms with E-state index in [1.165, 1.54) is 0 Å². The second-order valence-electron chi connectivity index (χ2n) is 6.21. The van der Waals surface area contributed by atoms with Gasteiger partial charge in [0.25, 0.3) is 0 Å². The molecule has 7 nitrogen and oxygen atoms in total. The van der Waals surface area contributed by atoms with Crippen LogP contribution in [0.1, 0.15) is 37.1 Å². The number of anilines is 1. The number of nitriles is 1. The van der Waals surface area contributed by atoms with Crippen molar-refractivity contribution >= 4 is 11.9 Å². The molecule has 2 aliphatic heterocycles. The molecule has 3 rings (SSSR count). The second kappa shape index (κ2) is 6.50. The van der Waals surface area contributed by atoms with E-state index in [-0.39, 0.29) is 6.10 Å². The number of carbonyl (C=O) groups is 1. The SMILES string of the molecule is Cc1cc(C#N)nc(N2CCC([C@@H]3CC[C@H](C(=O)O)O3)CC2)n1. The molecule has 2 aliphatic rings. The van der Waals surface area contributed by atoms with Crippen LogP contribution in [-0.2, 0) is 9.53 Å². The fourth-order valence-corrected chi connectivity index (χ4v) is 3.41. The third-order valence-electron chi connectivity index (χ3n) is 4.63. The normalized spacial score (nSPS) is 25.3. The van der Waals surface area contributed by atoms with Gasteiger partial charge in [0, 0.05) is 18.8 Å². The first-order valence-electron chi connectivity index (χ1n) is 7.96. The number of aromatic nitrogens is 2. The van der Waals surface area contributed by atoms with Crippen LogP contribution in [0.4, 0.5) is 5.95 Å². The van der Waals surface area contributed by atoms with E-state index >= 15 is 0 Å². The highest BCUT2D eigenvalue weighted by Gasteiger charge is 2.36. The van der Waals surface area contributed by atoms with Crippen molar-refractivity contribution < 1.29 is 14.6 Å². The summed E-state index contributed by atoms with van der Waals surface area (Å²) in [5, 5.41) is 18.0. The Balaban J connectivity index is 1.60. The Morgan fingerprint density at radius 1 is 1.35 bits per heavy atom. The van der Waals surface area contributed by atoms with E-state index in [9.17, 15) is 4.79 Å². The number of piperidine rings is 1. The maximum atomic E-state index is 11.0. The minimum absolute atomic E-state index is 0.0475. The number of ether oxygens (including phenoxy) is 1. The van der Waals surface area contributed by atoms with Crippen molar-refractivity contribution in [1.29, 1.82) is 5.26 Å². The zero-order chi connectivity index (χ0) is 16.4. The Kier molecular flexibility index (Phi) is 4.44. The van der Waals surface area contributed by atoms with Gasteiger partial charge >= 0.3 is 5.97 Å². The maximum absolute atomic E-state index is 11.0. The standard InChI is InChI=1S/C16H20N4O3/c1-10-8-12(9-17)19-16(18-10)20-6-4-11(5-7-20)13-2-3-14(23-13)15(21)22/h8,11,13-14H,2-7H2,1H3,(H,21,22)/t13-,14+/m0/s1. The highest BCUT2D eigenvalue weighted by molar-refractivity contribution is 5.72. The van der Waals surface area contributed by atoms with Gasteiger partial charge in [0.2, 0.25) is 5.95 Å². The summed E-state index contributed by atoms with van der Waals surface area (Å²) in [6, 6.07) is 3.74. The average Bonchev–Trinajstić information content (AvgIpc) is 3.04. The van der Waals surface area contributed by atoms with Crippen LogP contribution in [0.5, 0.6) is 0 Å². The van der Waals surface area contributed by atoms with Crippen LogP contribution in [0, 0.1) is 24.2 Å². The van der Waals surface area contributed by atoms with Crippen LogP contribution in [0.3, 0.4) is 0 Å². The Morgan fingerprint density at radius 3 is 2.70 bits per heavy atom. The fraction of sp³-hybridized carbons (Fsp3) is 0.625. The van der Waals surface area contributed by atoms with Gasteiger partial charge in [-0.1, -0.05) is 0 Å². The molecule has 7 heteroatoms. The highest BCUT2D eigenvalue weighted by Crippen LogP contribution is 2.32. The first-order valence-corrected chi connectivity index (χ1v) is 7.96. The summed E-state index contributed by atoms with van der Waals surface area (Å²) in [5.41, 5.74) is 1.18. The van der Waals surface area contributed by atoms with Gasteiger partial charge in [-0.2, -0.15) is 5.26 Å². The third-order valence-corrected chi connectivity index (χ3v) is 4.63. The van der Waals surface area contributed by atoms with Crippen molar-refractivity contribution in [3.63, 3.8) is 0 Å². The van der Waals surface area contributed by atoms with E-state index < -0.39 is 12.1 Å². The van der Waals surface area contributed by atoms with Gasteiger partial charge in [0.05, 0.1) is 6.10 Å². The van der Waals surface area contributed by atoms with Crippen molar-refractivity contribution in [2.45, 2.75) is 44.8 Å². The molecule has 1 aromatic rings. The number of nitrogens with zero attached hydrogens (tertiary/aromatic N) is 4. The first-order chi connectivity index (χ1) is 11.1. The Labute approximate surface area is 134 Å². The molecule has 2 saturated heterocycles. The molecule has 0 aromatic carbocycles. The molecular weight excluding hydrogens is 296 g/mol. The largest absolute Gasteiger partial charge is 0.479 e. The number of hydrogen-bond donors (Lipinski definition) is 1. The summed E-state index contributed by atoms with van der Waals surface area (Å²) in [4.78, 5) is 21.8. The van der Waals surface area contributed by atoms with Crippen LogP contribution in [-0.4, -0.2) is 46.3 Å². The summed E-state index contributed by atoms with van der Waals surface area (Å²) in [7, 11) is 0. The van der Waals surface area contributed by atoms with Crippen LogP contribution in [0.2, 0.25) is 0 Å². The zero-order valence-electron chi connectivity index (χ0n) is 13.1. The van der Waals surface area contributed by atoms with E-state index in [1.807, 2.05) is 6.92 Å². The number of aryl methyl sites for hydroxylation is 1. The number of rotatable bonds is 3. The van der Waals surface area contributed by atoms with E-state index in [4.69, 9.17) is 15.1 Å². The fourth-order valence-electron chi connectivity index (χ4n) is 3.41. The van der Waals surface area contributed by atoms with Crippen molar-refractivity contribution in [1.82, 2.24) is 9.97 Å². The second-order valence-corrected chi connectivity index (χ2v) is 6.21. The molecule has 2 fully saturated rings. The summed E-state index contributed by atoms with van der Waals surface area (Å²) >= 11 is 0. The average molecular weight is 316 g/mol. The summed E-state index contributed by atoms with van der Waals surface area (Å²) in [6.07, 6.45) is 2.68. The van der Waals surface area contributed by atoms with Gasteiger partial charge in [-0.25, -0.2) is 14.8 Å². The van der Waals surface area contributed by atoms with Crippen molar-refractivity contribution in [2.24, 2.45) is 5.92 Å². The summed E-state index contributed by atoms with van der Waals surface area (Å²) in [6.45, 7) is 3.46. The van der Waals surface area contributed by atoms with E-state index in [1.54, 1.807) is 6.07 Å². The molecule has 0 saturated carbocycles. The van der Waals surface area contributed by atoms with Crippen molar-refractivity contribution in [2.75, 3.05) is 18.0 Å². The van der Waals surface area contributed by atoms with Crippen LogP contribution < -0.4 is 4.90 Å². The minimum atomic E-state index is -0.859. The quantitative estimate of drug-likeness (QED) is 0.902. The monoisotopic (exact) mass is 316 g/mol. The summed E-state index contributed by atoms with van der Waals surface area (Å²) in [5.74, 6) is 0.133. The maximum Gasteiger partial charge on any atom is 0.332 e. The van der Waals surface area contributed by atoms with E-state index in [0.29, 0.717) is 24.0 Å². The first kappa shape index (κ1) is 15.7. The van der Waals surface area contributed by atoms with Crippen molar-refractivity contribution in [3.8, 4) is 6.07 Å². The molecule has 122 valence electrons. The van der Waals surface area contributed by atoms with Crippen LogP contribution in [0.25, 0.3) is 0 Å². The lowest BCUT2D eigenvalue weighted by Crippen LogP contribution is -2.39. The molecule has 1 N–H and O–H groups in total. The van der Waals surface area contributed by atoms with Gasteiger partial charge in [0.15, 0.2) is 6.10 Å². The smallest absolute Gasteiger partial charge is 0.332 e. The molecule has 23 heavy (non-hydrogen) atoms. The van der Waals surface area contributed by atoms with E-state index in [0.717, 1.165) is 38.0 Å². The van der Waals surface area contributed by atoms with Gasteiger partial charge in [-0.05, 0) is 44.6 Å². The zero-order valence-corrected chi connectivity index (χ0v) is 13.1. The predicted molar refractivity (Wildman–Crippen MR) is 82.0 cm³/mol. The molecule has 0 unspecified atom stereocenters. The van der Waals surface area contributed by atoms with Crippen LogP contribution >= 0.6 is 0 Å². The molecule has 0 bridgehead atoms. The van der Waals surface area contributed by atoms with Crippen molar-refractivity contribution in [3.05, 3.63) is 17.5 Å². The van der Waals surface area contributed by atoms with Gasteiger partial charge in [0.1, 0.15) is 11.8 Å². The number of hydrogen-bond acceptors (Lipinski definition) is 6. The molecule has 0 amide bonds. The molecule has 3 heterocycles. The molecule has 2 atom stereocenters. The number of carboxylic acids is 1. The van der Waals surface area contributed by atoms with Gasteiger partial charge < -0.3 is 14.7 Å². The van der Waals surface area contributed by atoms with E-state index in [2.05, 4.69) is 20.9 Å². The minimum Gasteiger partial charge on any atom is -0.479 e. The Bertz CT molecular complexity index is 635. The lowest BCUT2D eigenvalue weighted by Gasteiger charge is -2.34. The number of carboxylic acid groups (broad SMARTS) is 1. The van der Waals surface area contributed by atoms with Gasteiger partial charge in [-0.3, -0.25) is 0 Å². The molecule has 0 spiro atoms. The lowest BCUT2D eigenvalue weighted by molar-refractivity contribution is -0.150. The molecular formula is C16H20N4O3. The topological polar surface area (TPSA) is 99.3 Å². The predicted octanol–water partition coefficient (Wildman–Crippen LogP) is 1.51. The Morgan fingerprint density at radius 2 is 2.09 bits per heavy atom. The Hall–Kier alpha value is -2.20.